The van der Waals surface area contributed by atoms with Gasteiger partial charge < -0.3 is 14.8 Å². The van der Waals surface area contributed by atoms with E-state index in [1.54, 1.807) is 0 Å². The molecule has 0 bridgehead atoms. The molecule has 0 heterocycles. The van der Waals surface area contributed by atoms with Crippen LogP contribution in [-0.4, -0.2) is 32.9 Å². The van der Waals surface area contributed by atoms with Crippen molar-refractivity contribution in [3.8, 4) is 5.75 Å². The van der Waals surface area contributed by atoms with Crippen LogP contribution in [0.5, 0.6) is 5.75 Å². The highest BCUT2D eigenvalue weighted by Gasteiger charge is 2.39. The monoisotopic (exact) mass is 347 g/mol. The minimum atomic E-state index is 0.411. The Hall–Kier alpha value is -1.06. The molecular formula is C22H37NO2. The Morgan fingerprint density at radius 1 is 1.08 bits per heavy atom. The number of hydrogen-bond donors (Lipinski definition) is 1. The molecule has 0 aliphatic heterocycles. The first-order chi connectivity index (χ1) is 12.2. The van der Waals surface area contributed by atoms with Gasteiger partial charge in [0.25, 0.3) is 0 Å². The average molecular weight is 348 g/mol. The third-order valence-electron chi connectivity index (χ3n) is 5.41. The fourth-order valence-corrected chi connectivity index (χ4v) is 3.92. The van der Waals surface area contributed by atoms with Crippen LogP contribution in [0.3, 0.4) is 0 Å². The lowest BCUT2D eigenvalue weighted by molar-refractivity contribution is 0.136. The molecule has 1 aliphatic carbocycles. The van der Waals surface area contributed by atoms with Crippen molar-refractivity contribution in [3.05, 3.63) is 29.8 Å². The van der Waals surface area contributed by atoms with E-state index < -0.39 is 0 Å². The van der Waals surface area contributed by atoms with Crippen molar-refractivity contribution in [2.45, 2.75) is 64.7 Å². The summed E-state index contributed by atoms with van der Waals surface area (Å²) in [6.07, 6.45) is 7.69. The van der Waals surface area contributed by atoms with Crippen molar-refractivity contribution >= 4 is 0 Å². The first kappa shape index (κ1) is 20.3. The van der Waals surface area contributed by atoms with Crippen LogP contribution in [0, 0.1) is 5.92 Å². The predicted octanol–water partition coefficient (Wildman–Crippen LogP) is 4.94. The minimum Gasteiger partial charge on any atom is -0.494 e. The Balaban J connectivity index is 1.74. The molecule has 0 aromatic heterocycles. The van der Waals surface area contributed by atoms with Crippen LogP contribution in [0.1, 0.15) is 64.9 Å². The molecule has 0 radical (unpaired) electrons. The molecule has 1 fully saturated rings. The largest absolute Gasteiger partial charge is 0.494 e. The zero-order valence-corrected chi connectivity index (χ0v) is 16.5. The smallest absolute Gasteiger partial charge is 0.119 e. The second kappa shape index (κ2) is 10.8. The summed E-state index contributed by atoms with van der Waals surface area (Å²) in [5, 5.41) is 3.52. The summed E-state index contributed by atoms with van der Waals surface area (Å²) < 4.78 is 11.1. The average Bonchev–Trinajstić information content (AvgIpc) is 2.58. The second-order valence-corrected chi connectivity index (χ2v) is 7.55. The highest BCUT2D eigenvalue weighted by molar-refractivity contribution is 5.34. The zero-order chi connectivity index (χ0) is 18.0. The maximum absolute atomic E-state index is 5.59. The van der Waals surface area contributed by atoms with Crippen LogP contribution in [0.15, 0.2) is 24.3 Å². The van der Waals surface area contributed by atoms with Gasteiger partial charge in [-0.25, -0.2) is 0 Å². The van der Waals surface area contributed by atoms with Crippen LogP contribution in [0.2, 0.25) is 0 Å². The van der Waals surface area contributed by atoms with E-state index in [0.717, 1.165) is 51.0 Å². The Labute approximate surface area is 154 Å². The summed E-state index contributed by atoms with van der Waals surface area (Å²) in [5.74, 6) is 1.74. The highest BCUT2D eigenvalue weighted by Crippen LogP contribution is 2.48. The van der Waals surface area contributed by atoms with Crippen LogP contribution in [0.4, 0.5) is 0 Å². The van der Waals surface area contributed by atoms with Gasteiger partial charge in [0.1, 0.15) is 5.75 Å². The fraction of sp³-hybridized carbons (Fsp3) is 0.727. The Morgan fingerprint density at radius 2 is 1.84 bits per heavy atom. The maximum Gasteiger partial charge on any atom is 0.119 e. The Bertz CT molecular complexity index is 467. The van der Waals surface area contributed by atoms with Gasteiger partial charge in [-0.1, -0.05) is 32.4 Å². The van der Waals surface area contributed by atoms with Crippen LogP contribution in [0.25, 0.3) is 0 Å². The SMILES string of the molecule is CCCOCCNCCC(C)CC1(c2ccc(OCC)cc2)CCC1. The molecule has 3 nitrogen and oxygen atoms in total. The molecule has 1 unspecified atom stereocenters. The summed E-state index contributed by atoms with van der Waals surface area (Å²) >= 11 is 0. The molecule has 1 N–H and O–H groups in total. The number of hydrogen-bond acceptors (Lipinski definition) is 3. The number of rotatable bonds is 13. The molecule has 1 aromatic rings. The van der Waals surface area contributed by atoms with E-state index in [1.807, 2.05) is 6.92 Å². The molecule has 1 saturated carbocycles. The first-order valence-electron chi connectivity index (χ1n) is 10.2. The minimum absolute atomic E-state index is 0.411. The lowest BCUT2D eigenvalue weighted by Crippen LogP contribution is -2.36. The van der Waals surface area contributed by atoms with Crippen molar-refractivity contribution in [3.63, 3.8) is 0 Å². The van der Waals surface area contributed by atoms with Crippen molar-refractivity contribution < 1.29 is 9.47 Å². The van der Waals surface area contributed by atoms with Crippen molar-refractivity contribution in [1.82, 2.24) is 5.32 Å². The third kappa shape index (κ3) is 6.31. The van der Waals surface area contributed by atoms with Gasteiger partial charge >= 0.3 is 0 Å². The highest BCUT2D eigenvalue weighted by atomic mass is 16.5. The molecule has 142 valence electrons. The molecule has 2 rings (SSSR count). The summed E-state index contributed by atoms with van der Waals surface area (Å²) in [4.78, 5) is 0. The van der Waals surface area contributed by atoms with Crippen LogP contribution < -0.4 is 10.1 Å². The quantitative estimate of drug-likeness (QED) is 0.513. The Kier molecular flexibility index (Phi) is 8.77. The van der Waals surface area contributed by atoms with E-state index in [-0.39, 0.29) is 0 Å². The van der Waals surface area contributed by atoms with E-state index >= 15 is 0 Å². The van der Waals surface area contributed by atoms with Gasteiger partial charge in [0.15, 0.2) is 0 Å². The summed E-state index contributed by atoms with van der Waals surface area (Å²) in [5.41, 5.74) is 1.92. The second-order valence-electron chi connectivity index (χ2n) is 7.55. The van der Waals surface area contributed by atoms with Crippen molar-refractivity contribution in [2.24, 2.45) is 5.92 Å². The fourth-order valence-electron chi connectivity index (χ4n) is 3.92. The third-order valence-corrected chi connectivity index (χ3v) is 5.41. The van der Waals surface area contributed by atoms with Gasteiger partial charge in [0, 0.05) is 13.2 Å². The molecule has 3 heteroatoms. The number of benzene rings is 1. The summed E-state index contributed by atoms with van der Waals surface area (Å²) in [6, 6.07) is 8.86. The van der Waals surface area contributed by atoms with E-state index in [4.69, 9.17) is 9.47 Å². The molecule has 0 saturated heterocycles. The number of nitrogens with one attached hydrogen (secondary N) is 1. The van der Waals surface area contributed by atoms with E-state index in [2.05, 4.69) is 43.4 Å². The lowest BCUT2D eigenvalue weighted by Gasteiger charge is -2.44. The van der Waals surface area contributed by atoms with Gasteiger partial charge in [-0.2, -0.15) is 0 Å². The molecular weight excluding hydrogens is 310 g/mol. The Morgan fingerprint density at radius 3 is 2.44 bits per heavy atom. The van der Waals surface area contributed by atoms with Crippen molar-refractivity contribution in [1.29, 1.82) is 0 Å². The lowest BCUT2D eigenvalue weighted by atomic mass is 9.60. The molecule has 25 heavy (non-hydrogen) atoms. The molecule has 0 amide bonds. The van der Waals surface area contributed by atoms with Gasteiger partial charge in [0.2, 0.25) is 0 Å². The normalized spacial score (nSPS) is 17.1. The van der Waals surface area contributed by atoms with Gasteiger partial charge in [0.05, 0.1) is 13.2 Å². The summed E-state index contributed by atoms with van der Waals surface area (Å²) in [6.45, 7) is 11.1. The van der Waals surface area contributed by atoms with Crippen LogP contribution >= 0.6 is 0 Å². The van der Waals surface area contributed by atoms with Gasteiger partial charge in [-0.3, -0.25) is 0 Å². The predicted molar refractivity (Wildman–Crippen MR) is 106 cm³/mol. The molecule has 1 aliphatic rings. The first-order valence-corrected chi connectivity index (χ1v) is 10.2. The van der Waals surface area contributed by atoms with E-state index in [1.165, 1.54) is 37.7 Å². The molecule has 0 spiro atoms. The van der Waals surface area contributed by atoms with Gasteiger partial charge in [-0.05, 0) is 74.6 Å². The van der Waals surface area contributed by atoms with Gasteiger partial charge in [-0.15, -0.1) is 0 Å². The van der Waals surface area contributed by atoms with E-state index in [9.17, 15) is 0 Å². The molecule has 1 atom stereocenters. The summed E-state index contributed by atoms with van der Waals surface area (Å²) in [7, 11) is 0. The number of ether oxygens (including phenoxy) is 2. The molecule has 1 aromatic carbocycles. The maximum atomic E-state index is 5.59. The standard InChI is InChI=1S/C22H37NO2/c1-4-16-24-17-15-23-14-11-19(3)18-22(12-6-13-22)20-7-9-21(10-8-20)25-5-2/h7-10,19,23H,4-6,11-18H2,1-3H3. The topological polar surface area (TPSA) is 30.5 Å². The van der Waals surface area contributed by atoms with Crippen LogP contribution in [-0.2, 0) is 10.2 Å². The van der Waals surface area contributed by atoms with Crippen molar-refractivity contribution in [2.75, 3.05) is 32.9 Å². The van der Waals surface area contributed by atoms with E-state index in [0.29, 0.717) is 5.41 Å². The zero-order valence-electron chi connectivity index (χ0n) is 16.5.